The number of benzene rings is 1. The van der Waals surface area contributed by atoms with Crippen molar-refractivity contribution in [3.8, 4) is 6.07 Å². The lowest BCUT2D eigenvalue weighted by atomic mass is 9.95. The van der Waals surface area contributed by atoms with Gasteiger partial charge >= 0.3 is 0 Å². The van der Waals surface area contributed by atoms with Crippen molar-refractivity contribution >= 4 is 11.5 Å². The minimum absolute atomic E-state index is 0.0515. The number of ketones is 1. The minimum Gasteiger partial charge on any atom is -0.298 e. The molecule has 0 radical (unpaired) electrons. The van der Waals surface area contributed by atoms with Crippen LogP contribution in [0.2, 0.25) is 0 Å². The Kier molecular flexibility index (Phi) is 3.72. The summed E-state index contributed by atoms with van der Waals surface area (Å²) in [6.45, 7) is 1.68. The summed E-state index contributed by atoms with van der Waals surface area (Å²) < 4.78 is 0. The highest BCUT2D eigenvalue weighted by atomic mass is 16.6. The third-order valence-corrected chi connectivity index (χ3v) is 2.24. The lowest BCUT2D eigenvalue weighted by Gasteiger charge is -2.05. The quantitative estimate of drug-likeness (QED) is 0.572. The van der Waals surface area contributed by atoms with Crippen LogP contribution in [0.15, 0.2) is 24.3 Å². The Hall–Kier alpha value is -2.22. The molecule has 1 aromatic rings. The van der Waals surface area contributed by atoms with E-state index in [9.17, 15) is 14.9 Å². The predicted molar refractivity (Wildman–Crippen MR) is 56.7 cm³/mol. The van der Waals surface area contributed by atoms with Gasteiger partial charge in [-0.1, -0.05) is 19.1 Å². The van der Waals surface area contributed by atoms with Crippen molar-refractivity contribution in [1.29, 1.82) is 5.26 Å². The number of nitro benzene ring substituents is 1. The average molecular weight is 218 g/mol. The van der Waals surface area contributed by atoms with Crippen LogP contribution in [0.1, 0.15) is 24.8 Å². The van der Waals surface area contributed by atoms with E-state index in [0.717, 1.165) is 0 Å². The molecule has 0 aromatic heterocycles. The first-order chi connectivity index (χ1) is 7.60. The normalized spacial score (nSPS) is 11.5. The highest BCUT2D eigenvalue weighted by Crippen LogP contribution is 2.20. The summed E-state index contributed by atoms with van der Waals surface area (Å²) in [5.41, 5.74) is 0.448. The number of hydrogen-bond acceptors (Lipinski definition) is 4. The predicted octanol–water partition coefficient (Wildman–Crippen LogP) is 2.18. The van der Waals surface area contributed by atoms with E-state index in [-0.39, 0.29) is 17.9 Å². The number of non-ortho nitro benzene ring substituents is 1. The molecule has 5 nitrogen and oxygen atoms in total. The van der Waals surface area contributed by atoms with Gasteiger partial charge in [0.15, 0.2) is 5.78 Å². The zero-order valence-electron chi connectivity index (χ0n) is 8.71. The van der Waals surface area contributed by atoms with Gasteiger partial charge in [0, 0.05) is 18.6 Å². The molecular formula is C11H10N2O3. The number of Topliss-reactive ketones (excluding diaryl/α,β-unsaturated/α-hetero) is 1. The molecule has 0 aliphatic heterocycles. The smallest absolute Gasteiger partial charge is 0.269 e. The van der Waals surface area contributed by atoms with Crippen molar-refractivity contribution in [1.82, 2.24) is 0 Å². The van der Waals surface area contributed by atoms with Crippen LogP contribution in [0.25, 0.3) is 0 Å². The largest absolute Gasteiger partial charge is 0.298 e. The van der Waals surface area contributed by atoms with Gasteiger partial charge in [-0.2, -0.15) is 5.26 Å². The van der Waals surface area contributed by atoms with Crippen LogP contribution in [-0.2, 0) is 4.79 Å². The number of nitriles is 1. The van der Waals surface area contributed by atoms with Gasteiger partial charge in [-0.3, -0.25) is 14.9 Å². The molecular weight excluding hydrogens is 208 g/mol. The number of nitrogens with zero attached hydrogens (tertiary/aromatic N) is 2. The third kappa shape index (κ3) is 2.42. The molecule has 0 saturated carbocycles. The van der Waals surface area contributed by atoms with Crippen molar-refractivity contribution in [3.05, 3.63) is 39.9 Å². The molecule has 16 heavy (non-hydrogen) atoms. The number of carbonyl (C=O) groups excluding carboxylic acids is 1. The molecule has 0 bridgehead atoms. The molecule has 0 saturated heterocycles. The molecule has 5 heteroatoms. The van der Waals surface area contributed by atoms with E-state index in [0.29, 0.717) is 5.56 Å². The van der Waals surface area contributed by atoms with Crippen molar-refractivity contribution in [3.63, 3.8) is 0 Å². The number of rotatable bonds is 4. The molecule has 1 aromatic carbocycles. The van der Waals surface area contributed by atoms with Crippen LogP contribution in [0.3, 0.4) is 0 Å². The fourth-order valence-electron chi connectivity index (χ4n) is 1.33. The van der Waals surface area contributed by atoms with E-state index in [4.69, 9.17) is 5.26 Å². The first-order valence-corrected chi connectivity index (χ1v) is 4.76. The summed E-state index contributed by atoms with van der Waals surface area (Å²) in [5.74, 6) is -1.01. The second kappa shape index (κ2) is 5.03. The molecule has 0 aliphatic carbocycles. The van der Waals surface area contributed by atoms with Gasteiger partial charge in [0.2, 0.25) is 0 Å². The van der Waals surface area contributed by atoms with E-state index in [1.165, 1.54) is 24.3 Å². The molecule has 0 N–H and O–H groups in total. The molecule has 82 valence electrons. The molecule has 0 spiro atoms. The van der Waals surface area contributed by atoms with Gasteiger partial charge < -0.3 is 0 Å². The average Bonchev–Trinajstić information content (AvgIpc) is 2.30. The fourth-order valence-corrected chi connectivity index (χ4v) is 1.33. The van der Waals surface area contributed by atoms with Crippen LogP contribution >= 0.6 is 0 Å². The number of hydrogen-bond donors (Lipinski definition) is 0. The van der Waals surface area contributed by atoms with Crippen molar-refractivity contribution in [2.45, 2.75) is 19.3 Å². The second-order valence-corrected chi connectivity index (χ2v) is 3.23. The van der Waals surface area contributed by atoms with Crippen molar-refractivity contribution in [2.75, 3.05) is 0 Å². The van der Waals surface area contributed by atoms with Crippen molar-refractivity contribution < 1.29 is 9.72 Å². The standard InChI is InChI=1S/C11H10N2O3/c1-2-11(14)10(7-12)8-3-5-9(6-4-8)13(15)16/h3-6,10H,2H2,1H3/t10-/m1/s1. The molecule has 0 unspecified atom stereocenters. The third-order valence-electron chi connectivity index (χ3n) is 2.24. The number of carbonyl (C=O) groups is 1. The summed E-state index contributed by atoms with van der Waals surface area (Å²) in [5, 5.41) is 19.3. The highest BCUT2D eigenvalue weighted by Gasteiger charge is 2.18. The van der Waals surface area contributed by atoms with E-state index in [1.807, 2.05) is 6.07 Å². The molecule has 0 fully saturated rings. The summed E-state index contributed by atoms with van der Waals surface area (Å²) in [4.78, 5) is 21.3. The monoisotopic (exact) mass is 218 g/mol. The first-order valence-electron chi connectivity index (χ1n) is 4.76. The van der Waals surface area contributed by atoms with E-state index in [2.05, 4.69) is 0 Å². The molecule has 1 atom stereocenters. The van der Waals surface area contributed by atoms with E-state index >= 15 is 0 Å². The van der Waals surface area contributed by atoms with Crippen LogP contribution < -0.4 is 0 Å². The summed E-state index contributed by atoms with van der Waals surface area (Å²) in [7, 11) is 0. The number of nitro groups is 1. The molecule has 0 heterocycles. The maximum atomic E-state index is 11.4. The zero-order valence-corrected chi connectivity index (χ0v) is 8.71. The van der Waals surface area contributed by atoms with E-state index < -0.39 is 10.8 Å². The van der Waals surface area contributed by atoms with Crippen LogP contribution in [-0.4, -0.2) is 10.7 Å². The van der Waals surface area contributed by atoms with E-state index in [1.54, 1.807) is 6.92 Å². The zero-order chi connectivity index (χ0) is 12.1. The Morgan fingerprint density at radius 3 is 2.44 bits per heavy atom. The lowest BCUT2D eigenvalue weighted by molar-refractivity contribution is -0.384. The molecule has 0 aliphatic rings. The Labute approximate surface area is 92.5 Å². The lowest BCUT2D eigenvalue weighted by Crippen LogP contribution is -2.09. The van der Waals surface area contributed by atoms with Gasteiger partial charge in [-0.05, 0) is 5.56 Å². The Bertz CT molecular complexity index is 445. The van der Waals surface area contributed by atoms with Gasteiger partial charge in [-0.25, -0.2) is 0 Å². The van der Waals surface area contributed by atoms with Crippen LogP contribution in [0.5, 0.6) is 0 Å². The minimum atomic E-state index is -0.828. The maximum absolute atomic E-state index is 11.4. The van der Waals surface area contributed by atoms with Crippen LogP contribution in [0, 0.1) is 21.4 Å². The highest BCUT2D eigenvalue weighted by molar-refractivity contribution is 5.88. The Morgan fingerprint density at radius 2 is 2.06 bits per heavy atom. The first kappa shape index (κ1) is 11.9. The van der Waals surface area contributed by atoms with Gasteiger partial charge in [0.1, 0.15) is 5.92 Å². The van der Waals surface area contributed by atoms with Gasteiger partial charge in [-0.15, -0.1) is 0 Å². The fraction of sp³-hybridized carbons (Fsp3) is 0.273. The summed E-state index contributed by atoms with van der Waals surface area (Å²) >= 11 is 0. The maximum Gasteiger partial charge on any atom is 0.269 e. The molecule has 1 rings (SSSR count). The van der Waals surface area contributed by atoms with Crippen molar-refractivity contribution in [2.24, 2.45) is 0 Å². The van der Waals surface area contributed by atoms with Gasteiger partial charge in [0.25, 0.3) is 5.69 Å². The Balaban J connectivity index is 3.01. The van der Waals surface area contributed by atoms with Gasteiger partial charge in [0.05, 0.1) is 11.0 Å². The summed E-state index contributed by atoms with van der Waals surface area (Å²) in [6.07, 6.45) is 0.273. The second-order valence-electron chi connectivity index (χ2n) is 3.23. The summed E-state index contributed by atoms with van der Waals surface area (Å²) in [6, 6.07) is 7.37. The Morgan fingerprint density at radius 1 is 1.50 bits per heavy atom. The SMILES string of the molecule is CCC(=O)[C@H](C#N)c1ccc([N+](=O)[O-])cc1. The topological polar surface area (TPSA) is 84.0 Å². The van der Waals surface area contributed by atoms with Crippen LogP contribution in [0.4, 0.5) is 5.69 Å². The molecule has 0 amide bonds.